The fraction of sp³-hybridized carbons (Fsp3) is 1.00. The SMILES string of the molecule is CN[N+](N)(N)N=O. The van der Waals surface area contributed by atoms with E-state index in [1.165, 1.54) is 7.05 Å². The van der Waals surface area contributed by atoms with Crippen molar-refractivity contribution in [2.45, 2.75) is 0 Å². The van der Waals surface area contributed by atoms with Gasteiger partial charge < -0.3 is 0 Å². The van der Waals surface area contributed by atoms with Crippen LogP contribution in [0.3, 0.4) is 0 Å². The summed E-state index contributed by atoms with van der Waals surface area (Å²) in [4.78, 5) is 8.43. The Bertz CT molecular complexity index is 68.5. The van der Waals surface area contributed by atoms with Crippen molar-refractivity contribution >= 4 is 0 Å². The van der Waals surface area contributed by atoms with E-state index in [9.17, 15) is 4.91 Å². The zero-order valence-corrected chi connectivity index (χ0v) is 3.96. The molecule has 0 aromatic heterocycles. The molecule has 0 aliphatic carbocycles. The average Bonchev–Trinajstić information content (AvgIpc) is 1.68. The molecular formula is CH8N5O+. The quantitative estimate of drug-likeness (QED) is 0.170. The van der Waals surface area contributed by atoms with Gasteiger partial charge in [-0.25, -0.2) is 0 Å². The Morgan fingerprint density at radius 2 is 2.14 bits per heavy atom. The number of hydrogen-bond donors (Lipinski definition) is 3. The first-order chi connectivity index (χ1) is 3.12. The number of quaternary nitrogens is 1. The molecule has 0 amide bonds. The second-order valence-corrected chi connectivity index (χ2v) is 1.04. The van der Waals surface area contributed by atoms with Gasteiger partial charge >= 0.3 is 0 Å². The minimum Gasteiger partial charge on any atom is -0.111 e. The van der Waals surface area contributed by atoms with Gasteiger partial charge in [0, 0.05) is 7.05 Å². The maximum Gasteiger partial charge on any atom is 0.219 e. The van der Waals surface area contributed by atoms with Crippen LogP contribution in [0.5, 0.6) is 0 Å². The summed E-state index contributed by atoms with van der Waals surface area (Å²) in [6.07, 6.45) is 0. The fourth-order valence-electron chi connectivity index (χ4n) is 0.0408. The third kappa shape index (κ3) is 2.18. The Balaban J connectivity index is 3.58. The maximum atomic E-state index is 9.47. The lowest BCUT2D eigenvalue weighted by Crippen LogP contribution is -2.63. The number of rotatable bonds is 2. The number of hydrogen-bond acceptors (Lipinski definition) is 5. The van der Waals surface area contributed by atoms with E-state index in [-0.39, 0.29) is 0 Å². The largest absolute Gasteiger partial charge is 0.219 e. The van der Waals surface area contributed by atoms with Crippen LogP contribution in [0.1, 0.15) is 0 Å². The van der Waals surface area contributed by atoms with Crippen molar-refractivity contribution < 1.29 is 4.92 Å². The minimum atomic E-state index is -1.04. The normalized spacial score (nSPS) is 11.3. The molecule has 0 fully saturated rings. The zero-order chi connectivity index (χ0) is 5.91. The Hall–Kier alpha value is -0.560. The van der Waals surface area contributed by atoms with Crippen molar-refractivity contribution in [2.24, 2.45) is 17.0 Å². The number of nitrogens with zero attached hydrogens (tertiary/aromatic N) is 2. The topological polar surface area (TPSA) is 93.5 Å². The molecule has 7 heavy (non-hydrogen) atoms. The second kappa shape index (κ2) is 1.94. The molecule has 0 atom stereocenters. The Labute approximate surface area is 40.5 Å². The monoisotopic (exact) mass is 106 g/mol. The summed E-state index contributed by atoms with van der Waals surface area (Å²) in [5, 5.41) is 2.27. The molecular weight excluding hydrogens is 98.0 g/mol. The number of nitrogens with one attached hydrogen (secondary N) is 1. The predicted octanol–water partition coefficient (Wildman–Crippen LogP) is -1.63. The molecule has 0 unspecified atom stereocenters. The van der Waals surface area contributed by atoms with E-state index >= 15 is 0 Å². The lowest BCUT2D eigenvalue weighted by atomic mass is 11.5. The summed E-state index contributed by atoms with van der Waals surface area (Å²) < 4.78 is 0. The van der Waals surface area contributed by atoms with Gasteiger partial charge in [0.05, 0.1) is 4.92 Å². The summed E-state index contributed by atoms with van der Waals surface area (Å²) >= 11 is 0. The van der Waals surface area contributed by atoms with Crippen molar-refractivity contribution in [1.29, 1.82) is 0 Å². The standard InChI is InChI=1S/CH8N5O/c1-4-6(2,3)5-7/h4H,2-3H2,1H3/q+1. The van der Waals surface area contributed by atoms with Gasteiger partial charge in [-0.05, 0) is 0 Å². The highest BCUT2D eigenvalue weighted by Gasteiger charge is 2.12. The Morgan fingerprint density at radius 1 is 1.71 bits per heavy atom. The van der Waals surface area contributed by atoms with Gasteiger partial charge in [-0.1, -0.05) is 4.91 Å². The van der Waals surface area contributed by atoms with Gasteiger partial charge in [0.15, 0.2) is 0 Å². The van der Waals surface area contributed by atoms with Crippen molar-refractivity contribution in [1.82, 2.24) is 5.43 Å². The molecule has 0 saturated heterocycles. The third-order valence-corrected chi connectivity index (χ3v) is 0.493. The number of nitroso groups, excluding NO2 is 1. The smallest absolute Gasteiger partial charge is 0.111 e. The molecule has 0 aliphatic heterocycles. The highest BCUT2D eigenvalue weighted by Crippen LogP contribution is 1.72. The van der Waals surface area contributed by atoms with Crippen LogP contribution >= 0.6 is 0 Å². The first-order valence-corrected chi connectivity index (χ1v) is 1.62. The lowest BCUT2D eigenvalue weighted by molar-refractivity contribution is -0.998. The van der Waals surface area contributed by atoms with Crippen LogP contribution in [0.2, 0.25) is 0 Å². The van der Waals surface area contributed by atoms with Crippen LogP contribution in [-0.4, -0.2) is 12.0 Å². The van der Waals surface area contributed by atoms with Crippen LogP contribution in [0.25, 0.3) is 0 Å². The van der Waals surface area contributed by atoms with Crippen molar-refractivity contribution in [3.8, 4) is 0 Å². The first-order valence-electron chi connectivity index (χ1n) is 1.62. The second-order valence-electron chi connectivity index (χ2n) is 1.04. The maximum absolute atomic E-state index is 9.47. The molecule has 0 radical (unpaired) electrons. The van der Waals surface area contributed by atoms with Crippen molar-refractivity contribution in [3.05, 3.63) is 4.91 Å². The molecule has 0 aliphatic rings. The van der Waals surface area contributed by atoms with E-state index in [1.54, 1.807) is 0 Å². The van der Waals surface area contributed by atoms with Gasteiger partial charge in [-0.2, -0.15) is 0 Å². The Morgan fingerprint density at radius 3 is 2.14 bits per heavy atom. The van der Waals surface area contributed by atoms with E-state index in [1.807, 2.05) is 0 Å². The molecule has 0 bridgehead atoms. The number of nitrogens with two attached hydrogens (primary N) is 2. The summed E-state index contributed by atoms with van der Waals surface area (Å²) in [5.41, 5.74) is 2.20. The van der Waals surface area contributed by atoms with Crippen molar-refractivity contribution in [2.75, 3.05) is 7.05 Å². The van der Waals surface area contributed by atoms with Crippen LogP contribution in [0, 0.1) is 4.91 Å². The van der Waals surface area contributed by atoms with Crippen LogP contribution in [-0.2, 0) is 0 Å². The molecule has 0 saturated carbocycles. The molecule has 6 heteroatoms. The first kappa shape index (κ1) is 6.44. The minimum absolute atomic E-state index is 1.04. The van der Waals surface area contributed by atoms with E-state index in [0.29, 0.717) is 0 Å². The third-order valence-electron chi connectivity index (χ3n) is 0.493. The van der Waals surface area contributed by atoms with E-state index in [0.717, 1.165) is 0 Å². The fourth-order valence-corrected chi connectivity index (χ4v) is 0.0408. The molecule has 0 rings (SSSR count). The molecule has 42 valence electrons. The molecule has 5 N–H and O–H groups in total. The van der Waals surface area contributed by atoms with E-state index in [2.05, 4.69) is 10.7 Å². The summed E-state index contributed by atoms with van der Waals surface area (Å²) in [6.45, 7) is 0. The summed E-state index contributed by atoms with van der Waals surface area (Å²) in [7, 11) is 1.42. The van der Waals surface area contributed by atoms with Crippen LogP contribution in [0.15, 0.2) is 5.29 Å². The van der Waals surface area contributed by atoms with Gasteiger partial charge in [0.2, 0.25) is 5.29 Å². The summed E-state index contributed by atoms with van der Waals surface area (Å²) in [6, 6.07) is 0. The van der Waals surface area contributed by atoms with E-state index < -0.39 is 4.92 Å². The highest BCUT2D eigenvalue weighted by molar-refractivity contribution is 3.96. The Kier molecular flexibility index (Phi) is 1.78. The molecule has 0 aromatic rings. The van der Waals surface area contributed by atoms with E-state index in [4.69, 9.17) is 11.7 Å². The molecule has 6 nitrogen and oxygen atoms in total. The molecule has 0 aromatic carbocycles. The lowest BCUT2D eigenvalue weighted by Gasteiger charge is -2.09. The van der Waals surface area contributed by atoms with Gasteiger partial charge in [-0.15, -0.1) is 17.1 Å². The average molecular weight is 106 g/mol. The van der Waals surface area contributed by atoms with Crippen molar-refractivity contribution in [3.63, 3.8) is 0 Å². The molecule has 0 heterocycles. The van der Waals surface area contributed by atoms with Gasteiger partial charge in [0.1, 0.15) is 0 Å². The van der Waals surface area contributed by atoms with Crippen LogP contribution < -0.4 is 17.1 Å². The predicted molar refractivity (Wildman–Crippen MR) is 23.5 cm³/mol. The van der Waals surface area contributed by atoms with Gasteiger partial charge in [-0.3, -0.25) is 0 Å². The van der Waals surface area contributed by atoms with Gasteiger partial charge in [0.25, 0.3) is 0 Å². The summed E-state index contributed by atoms with van der Waals surface area (Å²) in [5.74, 6) is 9.68. The zero-order valence-electron chi connectivity index (χ0n) is 3.96. The molecule has 0 spiro atoms. The van der Waals surface area contributed by atoms with Crippen LogP contribution in [0.4, 0.5) is 0 Å². The highest BCUT2D eigenvalue weighted by atomic mass is 16.4.